The molecule has 1 atom stereocenters. The van der Waals surface area contributed by atoms with Crippen molar-refractivity contribution in [2.24, 2.45) is 0 Å². The van der Waals surface area contributed by atoms with E-state index in [2.05, 4.69) is 4.98 Å². The minimum Gasteiger partial charge on any atom is -0.507 e. The van der Waals surface area contributed by atoms with Gasteiger partial charge in [0.2, 0.25) is 0 Å². The molecule has 1 unspecified atom stereocenters. The van der Waals surface area contributed by atoms with Gasteiger partial charge in [-0.1, -0.05) is 41.2 Å². The van der Waals surface area contributed by atoms with Crippen LogP contribution in [0.25, 0.3) is 16.0 Å². The minimum absolute atomic E-state index is 0.0697. The van der Waals surface area contributed by atoms with Crippen molar-refractivity contribution in [1.82, 2.24) is 4.98 Å². The third-order valence-electron chi connectivity index (χ3n) is 5.82. The van der Waals surface area contributed by atoms with Crippen LogP contribution in [-0.2, 0) is 9.59 Å². The zero-order valence-corrected chi connectivity index (χ0v) is 19.8. The third kappa shape index (κ3) is 4.06. The zero-order valence-electron chi connectivity index (χ0n) is 19.0. The summed E-state index contributed by atoms with van der Waals surface area (Å²) in [6.45, 7) is 4.34. The molecule has 1 aliphatic rings. The van der Waals surface area contributed by atoms with Gasteiger partial charge in [-0.3, -0.25) is 14.5 Å². The van der Waals surface area contributed by atoms with Crippen molar-refractivity contribution in [3.8, 4) is 5.75 Å². The van der Waals surface area contributed by atoms with E-state index in [1.165, 1.54) is 40.5 Å². The molecule has 2 heterocycles. The first-order chi connectivity index (χ1) is 16.9. The molecule has 176 valence electrons. The van der Waals surface area contributed by atoms with Gasteiger partial charge >= 0.3 is 5.91 Å². The fourth-order valence-electron chi connectivity index (χ4n) is 4.11. The Balaban J connectivity index is 1.69. The summed E-state index contributed by atoms with van der Waals surface area (Å²) in [6.07, 6.45) is 0. The smallest absolute Gasteiger partial charge is 0.301 e. The Morgan fingerprint density at radius 1 is 1.09 bits per heavy atom. The van der Waals surface area contributed by atoms with Gasteiger partial charge in [0.1, 0.15) is 17.3 Å². The van der Waals surface area contributed by atoms with Gasteiger partial charge in [-0.2, -0.15) is 0 Å². The molecule has 0 spiro atoms. The van der Waals surface area contributed by atoms with Gasteiger partial charge in [0, 0.05) is 5.56 Å². The van der Waals surface area contributed by atoms with Crippen LogP contribution >= 0.6 is 11.3 Å². The van der Waals surface area contributed by atoms with Gasteiger partial charge in [0.25, 0.3) is 5.78 Å². The first-order valence-corrected chi connectivity index (χ1v) is 11.9. The predicted octanol–water partition coefficient (Wildman–Crippen LogP) is 5.77. The van der Waals surface area contributed by atoms with Gasteiger partial charge in [-0.05, 0) is 61.9 Å². The molecule has 1 amide bonds. The third-order valence-corrected chi connectivity index (χ3v) is 6.84. The summed E-state index contributed by atoms with van der Waals surface area (Å²) in [5.41, 5.74) is 2.49. The van der Waals surface area contributed by atoms with Crippen LogP contribution in [0.4, 0.5) is 9.52 Å². The fraction of sp³-hybridized carbons (Fsp3) is 0.148. The highest BCUT2D eigenvalue weighted by atomic mass is 32.1. The molecule has 4 aromatic rings. The maximum absolute atomic E-state index is 13.5. The fourth-order valence-corrected chi connectivity index (χ4v) is 5.13. The van der Waals surface area contributed by atoms with Crippen molar-refractivity contribution in [1.29, 1.82) is 0 Å². The van der Waals surface area contributed by atoms with E-state index < -0.39 is 23.5 Å². The number of rotatable bonds is 5. The average molecular weight is 489 g/mol. The summed E-state index contributed by atoms with van der Waals surface area (Å²) >= 11 is 1.26. The maximum Gasteiger partial charge on any atom is 0.301 e. The highest BCUT2D eigenvalue weighted by molar-refractivity contribution is 7.22. The van der Waals surface area contributed by atoms with E-state index in [1.807, 2.05) is 44.2 Å². The highest BCUT2D eigenvalue weighted by Crippen LogP contribution is 2.44. The minimum atomic E-state index is -0.896. The lowest BCUT2D eigenvalue weighted by molar-refractivity contribution is -0.132. The van der Waals surface area contributed by atoms with Crippen LogP contribution < -0.4 is 9.64 Å². The van der Waals surface area contributed by atoms with E-state index in [0.29, 0.717) is 28.6 Å². The monoisotopic (exact) mass is 488 g/mol. The predicted molar refractivity (Wildman–Crippen MR) is 133 cm³/mol. The van der Waals surface area contributed by atoms with Gasteiger partial charge in [0.05, 0.1) is 28.4 Å². The second-order valence-corrected chi connectivity index (χ2v) is 9.15. The van der Waals surface area contributed by atoms with E-state index in [4.69, 9.17) is 4.74 Å². The molecule has 1 N–H and O–H groups in total. The standard InChI is InChI=1S/C27H21FN2O4S/c1-3-34-19-12-13-20-21(14-19)35-27(29-20)30-23(16-6-4-15(2)5-7-16)22(25(32)26(30)33)24(31)17-8-10-18(28)11-9-17/h4-14,23,31H,3H2,1-2H3. The molecule has 0 saturated carbocycles. The number of amides is 1. The van der Waals surface area contributed by atoms with Crippen LogP contribution in [0.15, 0.2) is 72.3 Å². The summed E-state index contributed by atoms with van der Waals surface area (Å²) in [5.74, 6) is -1.77. The molecular weight excluding hydrogens is 467 g/mol. The number of anilines is 1. The van der Waals surface area contributed by atoms with Crippen molar-refractivity contribution in [2.45, 2.75) is 19.9 Å². The largest absolute Gasteiger partial charge is 0.507 e. The molecule has 35 heavy (non-hydrogen) atoms. The van der Waals surface area contributed by atoms with Crippen LogP contribution in [0.2, 0.25) is 0 Å². The Hall–Kier alpha value is -4.04. The van der Waals surface area contributed by atoms with E-state index in [1.54, 1.807) is 12.1 Å². The lowest BCUT2D eigenvalue weighted by Crippen LogP contribution is -2.29. The summed E-state index contributed by atoms with van der Waals surface area (Å²) in [5, 5.41) is 11.4. The Kier molecular flexibility index (Phi) is 5.82. The Morgan fingerprint density at radius 2 is 1.80 bits per heavy atom. The summed E-state index contributed by atoms with van der Waals surface area (Å²) in [6, 6.07) is 17.1. The van der Waals surface area contributed by atoms with E-state index in [-0.39, 0.29) is 16.9 Å². The van der Waals surface area contributed by atoms with Crippen LogP contribution in [-0.4, -0.2) is 28.4 Å². The molecule has 1 aromatic heterocycles. The van der Waals surface area contributed by atoms with Crippen molar-refractivity contribution < 1.29 is 23.8 Å². The summed E-state index contributed by atoms with van der Waals surface area (Å²) < 4.78 is 19.8. The molecule has 1 fully saturated rings. The molecule has 6 nitrogen and oxygen atoms in total. The average Bonchev–Trinajstić information content (AvgIpc) is 3.38. The van der Waals surface area contributed by atoms with Crippen LogP contribution in [0.3, 0.4) is 0 Å². The Labute approximate surface area is 204 Å². The molecule has 3 aromatic carbocycles. The number of carbonyl (C=O) groups excluding carboxylic acids is 2. The molecular formula is C27H21FN2O4S. The number of nitrogens with zero attached hydrogens (tertiary/aromatic N) is 2. The molecule has 1 saturated heterocycles. The van der Waals surface area contributed by atoms with Crippen LogP contribution in [0.1, 0.15) is 29.7 Å². The lowest BCUT2D eigenvalue weighted by atomic mass is 9.95. The quantitative estimate of drug-likeness (QED) is 0.219. The highest BCUT2D eigenvalue weighted by Gasteiger charge is 2.48. The number of aliphatic hydroxyl groups is 1. The summed E-state index contributed by atoms with van der Waals surface area (Å²) in [7, 11) is 0. The number of aliphatic hydroxyl groups excluding tert-OH is 1. The van der Waals surface area contributed by atoms with Crippen molar-refractivity contribution in [3.63, 3.8) is 0 Å². The number of fused-ring (bicyclic) bond motifs is 1. The summed E-state index contributed by atoms with van der Waals surface area (Å²) in [4.78, 5) is 32.5. The molecule has 1 aliphatic heterocycles. The number of ketones is 1. The Bertz CT molecular complexity index is 1480. The van der Waals surface area contributed by atoms with Crippen molar-refractivity contribution in [2.75, 3.05) is 11.5 Å². The van der Waals surface area contributed by atoms with Gasteiger partial charge in [0.15, 0.2) is 5.13 Å². The van der Waals surface area contributed by atoms with Gasteiger partial charge in [-0.25, -0.2) is 9.37 Å². The molecule has 8 heteroatoms. The number of Topliss-reactive ketones (excluding diaryl/α,β-unsaturated/α-hetero) is 1. The van der Waals surface area contributed by atoms with Crippen molar-refractivity contribution >= 4 is 44.1 Å². The topological polar surface area (TPSA) is 79.7 Å². The number of aryl methyl sites for hydroxylation is 1. The van der Waals surface area contributed by atoms with E-state index in [0.717, 1.165) is 10.3 Å². The maximum atomic E-state index is 13.5. The van der Waals surface area contributed by atoms with Crippen molar-refractivity contribution in [3.05, 3.63) is 94.8 Å². The number of halogens is 1. The van der Waals surface area contributed by atoms with Gasteiger partial charge < -0.3 is 9.84 Å². The number of carbonyl (C=O) groups is 2. The molecule has 5 rings (SSSR count). The number of ether oxygens (including phenoxy) is 1. The number of aromatic nitrogens is 1. The molecule has 0 aliphatic carbocycles. The molecule has 0 radical (unpaired) electrons. The number of thiazole rings is 1. The van der Waals surface area contributed by atoms with Crippen LogP contribution in [0, 0.1) is 12.7 Å². The SMILES string of the molecule is CCOc1ccc2nc(N3C(=O)C(=O)C(=C(O)c4ccc(F)cc4)C3c3ccc(C)cc3)sc2c1. The normalized spacial score (nSPS) is 17.3. The van der Waals surface area contributed by atoms with Crippen LogP contribution in [0.5, 0.6) is 5.75 Å². The van der Waals surface area contributed by atoms with E-state index >= 15 is 0 Å². The second-order valence-electron chi connectivity index (χ2n) is 8.15. The lowest BCUT2D eigenvalue weighted by Gasteiger charge is -2.23. The first-order valence-electron chi connectivity index (χ1n) is 11.0. The number of hydrogen-bond acceptors (Lipinski definition) is 6. The zero-order chi connectivity index (χ0) is 24.7. The number of benzene rings is 3. The van der Waals surface area contributed by atoms with Gasteiger partial charge in [-0.15, -0.1) is 0 Å². The number of hydrogen-bond donors (Lipinski definition) is 1. The second kappa shape index (κ2) is 8.96. The molecule has 0 bridgehead atoms. The first kappa shape index (κ1) is 22.7. The van der Waals surface area contributed by atoms with E-state index in [9.17, 15) is 19.1 Å². The Morgan fingerprint density at radius 3 is 2.49 bits per heavy atom.